The van der Waals surface area contributed by atoms with E-state index in [1.165, 1.54) is 26.4 Å². The van der Waals surface area contributed by atoms with Crippen LogP contribution in [0.1, 0.15) is 10.4 Å². The summed E-state index contributed by atoms with van der Waals surface area (Å²) >= 11 is 0. The van der Waals surface area contributed by atoms with Crippen LogP contribution in [0.15, 0.2) is 48.5 Å². The van der Waals surface area contributed by atoms with Gasteiger partial charge in [-0.2, -0.15) is 0 Å². The quantitative estimate of drug-likeness (QED) is 0.662. The number of benzene rings is 2. The number of nitrogens with one attached hydrogen (secondary N) is 2. The van der Waals surface area contributed by atoms with Gasteiger partial charge in [-0.1, -0.05) is 18.2 Å². The standard InChI is InChI=1S/C17H16N2O5/c1-23-12-7-5-6-11(10-12)18-15(20)16(21)19-14-9-4-3-8-13(14)17(22)24-2/h3-10H,1-2H3,(H,18,20)(H,19,21). The summed E-state index contributed by atoms with van der Waals surface area (Å²) in [4.78, 5) is 35.7. The van der Waals surface area contributed by atoms with Crippen molar-refractivity contribution in [2.45, 2.75) is 0 Å². The number of carbonyl (C=O) groups excluding carboxylic acids is 3. The maximum absolute atomic E-state index is 12.0. The maximum Gasteiger partial charge on any atom is 0.339 e. The van der Waals surface area contributed by atoms with Gasteiger partial charge in [0, 0.05) is 11.8 Å². The molecule has 2 aromatic rings. The molecule has 0 aliphatic rings. The predicted molar refractivity (Wildman–Crippen MR) is 88.0 cm³/mol. The molecule has 0 aliphatic heterocycles. The van der Waals surface area contributed by atoms with Crippen molar-refractivity contribution in [1.29, 1.82) is 0 Å². The van der Waals surface area contributed by atoms with Gasteiger partial charge in [-0.05, 0) is 24.3 Å². The number of para-hydroxylation sites is 1. The molecule has 0 aromatic heterocycles. The van der Waals surface area contributed by atoms with Crippen molar-refractivity contribution in [3.63, 3.8) is 0 Å². The molecular formula is C17H16N2O5. The average molecular weight is 328 g/mol. The molecule has 124 valence electrons. The van der Waals surface area contributed by atoms with Crippen LogP contribution in [0.2, 0.25) is 0 Å². The number of hydrogen-bond donors (Lipinski definition) is 2. The fourth-order valence-corrected chi connectivity index (χ4v) is 1.95. The Kier molecular flexibility index (Phi) is 5.51. The van der Waals surface area contributed by atoms with Gasteiger partial charge in [0.2, 0.25) is 0 Å². The van der Waals surface area contributed by atoms with E-state index in [9.17, 15) is 14.4 Å². The first-order valence-electron chi connectivity index (χ1n) is 6.99. The lowest BCUT2D eigenvalue weighted by atomic mass is 10.2. The topological polar surface area (TPSA) is 93.7 Å². The van der Waals surface area contributed by atoms with E-state index < -0.39 is 17.8 Å². The Morgan fingerprint density at radius 1 is 0.875 bits per heavy atom. The van der Waals surface area contributed by atoms with Gasteiger partial charge in [-0.25, -0.2) is 4.79 Å². The highest BCUT2D eigenvalue weighted by Crippen LogP contribution is 2.18. The van der Waals surface area contributed by atoms with Crippen LogP contribution in [0, 0.1) is 0 Å². The van der Waals surface area contributed by atoms with Crippen LogP contribution in [0.25, 0.3) is 0 Å². The summed E-state index contributed by atoms with van der Waals surface area (Å²) < 4.78 is 9.68. The normalized spacial score (nSPS) is 9.75. The second-order valence-electron chi connectivity index (χ2n) is 4.68. The number of methoxy groups -OCH3 is 2. The first-order chi connectivity index (χ1) is 11.5. The lowest BCUT2D eigenvalue weighted by molar-refractivity contribution is -0.133. The highest BCUT2D eigenvalue weighted by molar-refractivity contribution is 6.44. The van der Waals surface area contributed by atoms with Crippen molar-refractivity contribution in [3.05, 3.63) is 54.1 Å². The molecule has 0 radical (unpaired) electrons. The molecule has 0 atom stereocenters. The number of amides is 2. The van der Waals surface area contributed by atoms with Crippen molar-refractivity contribution in [2.24, 2.45) is 0 Å². The third-order valence-corrected chi connectivity index (χ3v) is 3.11. The van der Waals surface area contributed by atoms with E-state index in [4.69, 9.17) is 4.74 Å². The molecule has 0 saturated carbocycles. The summed E-state index contributed by atoms with van der Waals surface area (Å²) in [6.07, 6.45) is 0. The molecule has 2 aromatic carbocycles. The maximum atomic E-state index is 12.0. The van der Waals surface area contributed by atoms with Crippen LogP contribution in [0.4, 0.5) is 11.4 Å². The fraction of sp³-hybridized carbons (Fsp3) is 0.118. The molecule has 0 heterocycles. The number of hydrogen-bond acceptors (Lipinski definition) is 5. The third kappa shape index (κ3) is 4.10. The Morgan fingerprint density at radius 2 is 1.58 bits per heavy atom. The van der Waals surface area contributed by atoms with E-state index in [0.29, 0.717) is 11.4 Å². The molecule has 0 spiro atoms. The van der Waals surface area contributed by atoms with Crippen molar-refractivity contribution in [3.8, 4) is 5.75 Å². The minimum absolute atomic E-state index is 0.155. The highest BCUT2D eigenvalue weighted by atomic mass is 16.5. The molecule has 0 unspecified atom stereocenters. The highest BCUT2D eigenvalue weighted by Gasteiger charge is 2.18. The molecule has 0 fully saturated rings. The van der Waals surface area contributed by atoms with Gasteiger partial charge in [0.15, 0.2) is 0 Å². The van der Waals surface area contributed by atoms with Crippen molar-refractivity contribution in [1.82, 2.24) is 0 Å². The lowest BCUT2D eigenvalue weighted by Gasteiger charge is -2.10. The number of carbonyl (C=O) groups is 3. The van der Waals surface area contributed by atoms with Gasteiger partial charge in [0.25, 0.3) is 0 Å². The molecule has 2 rings (SSSR count). The van der Waals surface area contributed by atoms with Crippen LogP contribution in [0.5, 0.6) is 5.75 Å². The van der Waals surface area contributed by atoms with Crippen LogP contribution < -0.4 is 15.4 Å². The number of esters is 1. The van der Waals surface area contributed by atoms with Crippen molar-refractivity contribution in [2.75, 3.05) is 24.9 Å². The Bertz CT molecular complexity index is 773. The SMILES string of the molecule is COC(=O)c1ccccc1NC(=O)C(=O)Nc1cccc(OC)c1. The van der Waals surface area contributed by atoms with Crippen LogP contribution in [0.3, 0.4) is 0 Å². The summed E-state index contributed by atoms with van der Waals surface area (Å²) in [7, 11) is 2.73. The minimum atomic E-state index is -0.908. The predicted octanol–water partition coefficient (Wildman–Crippen LogP) is 2.06. The fourth-order valence-electron chi connectivity index (χ4n) is 1.95. The van der Waals surface area contributed by atoms with E-state index in [1.54, 1.807) is 36.4 Å². The second-order valence-corrected chi connectivity index (χ2v) is 4.68. The van der Waals surface area contributed by atoms with Gasteiger partial charge >= 0.3 is 17.8 Å². The molecule has 0 saturated heterocycles. The van der Waals surface area contributed by atoms with E-state index in [0.717, 1.165) is 0 Å². The van der Waals surface area contributed by atoms with E-state index in [-0.39, 0.29) is 11.3 Å². The van der Waals surface area contributed by atoms with Gasteiger partial charge in [-0.15, -0.1) is 0 Å². The van der Waals surface area contributed by atoms with E-state index in [1.807, 2.05) is 0 Å². The third-order valence-electron chi connectivity index (χ3n) is 3.11. The van der Waals surface area contributed by atoms with Crippen LogP contribution >= 0.6 is 0 Å². The number of ether oxygens (including phenoxy) is 2. The monoisotopic (exact) mass is 328 g/mol. The van der Waals surface area contributed by atoms with Crippen molar-refractivity contribution >= 4 is 29.2 Å². The Labute approximate surface area is 138 Å². The first kappa shape index (κ1) is 17.0. The molecule has 2 amide bonds. The van der Waals surface area contributed by atoms with E-state index in [2.05, 4.69) is 15.4 Å². The summed E-state index contributed by atoms with van der Waals surface area (Å²) in [5.41, 5.74) is 0.758. The number of anilines is 2. The van der Waals surface area contributed by atoms with Gasteiger partial charge in [0.05, 0.1) is 25.5 Å². The lowest BCUT2D eigenvalue weighted by Crippen LogP contribution is -2.29. The zero-order valence-corrected chi connectivity index (χ0v) is 13.2. The molecule has 24 heavy (non-hydrogen) atoms. The van der Waals surface area contributed by atoms with Crippen LogP contribution in [-0.4, -0.2) is 32.0 Å². The Hall–Kier alpha value is -3.35. The molecule has 7 heteroatoms. The molecular weight excluding hydrogens is 312 g/mol. The van der Waals surface area contributed by atoms with Crippen molar-refractivity contribution < 1.29 is 23.9 Å². The first-order valence-corrected chi connectivity index (χ1v) is 6.99. The average Bonchev–Trinajstić information content (AvgIpc) is 2.61. The summed E-state index contributed by atoms with van der Waals surface area (Å²) in [6.45, 7) is 0. The van der Waals surface area contributed by atoms with Gasteiger partial charge in [0.1, 0.15) is 5.75 Å². The zero-order valence-electron chi connectivity index (χ0n) is 13.2. The summed E-state index contributed by atoms with van der Waals surface area (Å²) in [5.74, 6) is -1.85. The Balaban J connectivity index is 2.09. The van der Waals surface area contributed by atoms with Crippen LogP contribution in [-0.2, 0) is 14.3 Å². The Morgan fingerprint density at radius 3 is 2.29 bits per heavy atom. The molecule has 0 aliphatic carbocycles. The second kappa shape index (κ2) is 7.77. The van der Waals surface area contributed by atoms with Gasteiger partial charge < -0.3 is 20.1 Å². The molecule has 0 bridgehead atoms. The largest absolute Gasteiger partial charge is 0.497 e. The molecule has 2 N–H and O–H groups in total. The molecule has 7 nitrogen and oxygen atoms in total. The van der Waals surface area contributed by atoms with Gasteiger partial charge in [-0.3, -0.25) is 9.59 Å². The summed E-state index contributed by atoms with van der Waals surface area (Å²) in [5, 5.41) is 4.84. The smallest absolute Gasteiger partial charge is 0.339 e. The minimum Gasteiger partial charge on any atom is -0.497 e. The summed E-state index contributed by atoms with van der Waals surface area (Å²) in [6, 6.07) is 12.8. The van der Waals surface area contributed by atoms with E-state index >= 15 is 0 Å². The number of rotatable bonds is 4. The zero-order chi connectivity index (χ0) is 17.5.